The highest BCUT2D eigenvalue weighted by molar-refractivity contribution is 7.17. The van der Waals surface area contributed by atoms with Gasteiger partial charge in [-0.1, -0.05) is 31.1 Å². The maximum atomic E-state index is 12.3. The molecule has 2 aliphatic rings. The molecule has 1 saturated carbocycles. The van der Waals surface area contributed by atoms with Gasteiger partial charge in [-0.2, -0.15) is 0 Å². The Kier molecular flexibility index (Phi) is 5.28. The minimum atomic E-state index is -0.348. The van der Waals surface area contributed by atoms with Crippen molar-refractivity contribution in [2.75, 3.05) is 11.9 Å². The number of carbonyl (C=O) groups excluding carboxylic acids is 3. The van der Waals surface area contributed by atoms with Crippen LogP contribution in [0.2, 0.25) is 0 Å². The lowest BCUT2D eigenvalue weighted by Gasteiger charge is -2.23. The SMILES string of the molecule is CCCCNC(=O)C1CC(=O)c2sc(NC(=O)C3CCC3)nc2C1. The molecule has 24 heavy (non-hydrogen) atoms. The van der Waals surface area contributed by atoms with E-state index < -0.39 is 0 Å². The van der Waals surface area contributed by atoms with E-state index in [-0.39, 0.29) is 35.9 Å². The highest BCUT2D eigenvalue weighted by atomic mass is 32.1. The number of carbonyl (C=O) groups is 3. The minimum absolute atomic E-state index is 0.00588. The number of amides is 2. The first-order valence-electron chi connectivity index (χ1n) is 8.70. The lowest BCUT2D eigenvalue weighted by atomic mass is 9.85. The fourth-order valence-electron chi connectivity index (χ4n) is 2.98. The molecular weight excluding hydrogens is 326 g/mol. The molecule has 1 aromatic rings. The van der Waals surface area contributed by atoms with Crippen LogP contribution < -0.4 is 10.6 Å². The maximum absolute atomic E-state index is 12.3. The van der Waals surface area contributed by atoms with Gasteiger partial charge in [0.05, 0.1) is 16.5 Å². The number of fused-ring (bicyclic) bond motifs is 1. The van der Waals surface area contributed by atoms with Crippen LogP contribution in [-0.4, -0.2) is 29.1 Å². The highest BCUT2D eigenvalue weighted by Crippen LogP contribution is 2.34. The van der Waals surface area contributed by atoms with Gasteiger partial charge in [-0.05, 0) is 19.3 Å². The van der Waals surface area contributed by atoms with Crippen LogP contribution in [0.5, 0.6) is 0 Å². The van der Waals surface area contributed by atoms with Gasteiger partial charge in [0.25, 0.3) is 0 Å². The van der Waals surface area contributed by atoms with Crippen molar-refractivity contribution in [3.05, 3.63) is 10.6 Å². The summed E-state index contributed by atoms with van der Waals surface area (Å²) in [6.45, 7) is 2.71. The summed E-state index contributed by atoms with van der Waals surface area (Å²) < 4.78 is 0. The van der Waals surface area contributed by atoms with Crippen molar-refractivity contribution in [3.63, 3.8) is 0 Å². The van der Waals surface area contributed by atoms with E-state index >= 15 is 0 Å². The Morgan fingerprint density at radius 2 is 2.00 bits per heavy atom. The van der Waals surface area contributed by atoms with E-state index in [9.17, 15) is 14.4 Å². The van der Waals surface area contributed by atoms with Crippen molar-refractivity contribution in [3.8, 4) is 0 Å². The van der Waals surface area contributed by atoms with Crippen molar-refractivity contribution in [2.45, 2.75) is 51.9 Å². The third-order valence-corrected chi connectivity index (χ3v) is 5.78. The van der Waals surface area contributed by atoms with Crippen molar-refractivity contribution < 1.29 is 14.4 Å². The standard InChI is InChI=1S/C17H23N3O3S/c1-2-3-7-18-15(22)11-8-12-14(13(21)9-11)24-17(19-12)20-16(23)10-5-4-6-10/h10-11H,2-9H2,1H3,(H,18,22)(H,19,20,23). The van der Waals surface area contributed by atoms with Crippen LogP contribution in [0, 0.1) is 11.8 Å². The molecule has 0 saturated heterocycles. The van der Waals surface area contributed by atoms with E-state index in [1.807, 2.05) is 0 Å². The quantitative estimate of drug-likeness (QED) is 0.773. The third kappa shape index (κ3) is 3.66. The summed E-state index contributed by atoms with van der Waals surface area (Å²) in [6, 6.07) is 0. The van der Waals surface area contributed by atoms with Crippen LogP contribution in [0.4, 0.5) is 5.13 Å². The zero-order chi connectivity index (χ0) is 17.1. The van der Waals surface area contributed by atoms with Crippen LogP contribution in [0.1, 0.15) is 60.8 Å². The largest absolute Gasteiger partial charge is 0.356 e. The van der Waals surface area contributed by atoms with Gasteiger partial charge >= 0.3 is 0 Å². The molecule has 1 fully saturated rings. The van der Waals surface area contributed by atoms with E-state index in [1.165, 1.54) is 11.3 Å². The Bertz CT molecular complexity index is 652. The minimum Gasteiger partial charge on any atom is -0.356 e. The molecule has 2 aliphatic carbocycles. The van der Waals surface area contributed by atoms with Gasteiger partial charge < -0.3 is 10.6 Å². The molecule has 1 heterocycles. The summed E-state index contributed by atoms with van der Waals surface area (Å²) in [5.41, 5.74) is 0.649. The Morgan fingerprint density at radius 1 is 1.21 bits per heavy atom. The molecule has 0 radical (unpaired) electrons. The number of unbranched alkanes of at least 4 members (excludes halogenated alkanes) is 1. The number of anilines is 1. The second kappa shape index (κ2) is 7.42. The van der Waals surface area contributed by atoms with E-state index in [0.717, 1.165) is 32.1 Å². The normalized spacial score (nSPS) is 20.2. The van der Waals surface area contributed by atoms with Crippen molar-refractivity contribution in [1.82, 2.24) is 10.3 Å². The zero-order valence-corrected chi connectivity index (χ0v) is 14.7. The van der Waals surface area contributed by atoms with E-state index in [0.29, 0.717) is 28.7 Å². The number of nitrogens with one attached hydrogen (secondary N) is 2. The molecule has 7 heteroatoms. The summed E-state index contributed by atoms with van der Waals surface area (Å²) in [5.74, 6) is -0.393. The van der Waals surface area contributed by atoms with Gasteiger partial charge in [0.1, 0.15) is 0 Å². The number of nitrogens with zero attached hydrogens (tertiary/aromatic N) is 1. The highest BCUT2D eigenvalue weighted by Gasteiger charge is 2.33. The topological polar surface area (TPSA) is 88.2 Å². The number of ketones is 1. The van der Waals surface area contributed by atoms with E-state index in [2.05, 4.69) is 22.5 Å². The number of thiazole rings is 1. The first-order chi connectivity index (χ1) is 11.6. The summed E-state index contributed by atoms with van der Waals surface area (Å²) >= 11 is 1.23. The van der Waals surface area contributed by atoms with Crippen LogP contribution >= 0.6 is 11.3 Å². The average Bonchev–Trinajstić information content (AvgIpc) is 2.88. The Labute approximate surface area is 145 Å². The zero-order valence-electron chi connectivity index (χ0n) is 13.9. The van der Waals surface area contributed by atoms with Gasteiger partial charge in [0.2, 0.25) is 11.8 Å². The van der Waals surface area contributed by atoms with Crippen LogP contribution in [0.25, 0.3) is 0 Å². The van der Waals surface area contributed by atoms with Crippen LogP contribution in [0.3, 0.4) is 0 Å². The number of Topliss-reactive ketones (excluding diaryl/α,β-unsaturated/α-hetero) is 1. The molecule has 2 amide bonds. The number of rotatable bonds is 6. The lowest BCUT2D eigenvalue weighted by molar-refractivity contribution is -0.125. The molecule has 1 aromatic heterocycles. The molecular formula is C17H23N3O3S. The summed E-state index contributed by atoms with van der Waals surface area (Å²) in [5, 5.41) is 6.20. The van der Waals surface area contributed by atoms with E-state index in [1.54, 1.807) is 0 Å². The second-order valence-electron chi connectivity index (χ2n) is 6.58. The van der Waals surface area contributed by atoms with Gasteiger partial charge in [-0.25, -0.2) is 4.98 Å². The van der Waals surface area contributed by atoms with Gasteiger partial charge in [-0.3, -0.25) is 14.4 Å². The van der Waals surface area contributed by atoms with Gasteiger partial charge in [-0.15, -0.1) is 0 Å². The van der Waals surface area contributed by atoms with Gasteiger partial charge in [0.15, 0.2) is 10.9 Å². The molecule has 130 valence electrons. The van der Waals surface area contributed by atoms with E-state index in [4.69, 9.17) is 0 Å². The second-order valence-corrected chi connectivity index (χ2v) is 7.58. The monoisotopic (exact) mass is 349 g/mol. The first kappa shape index (κ1) is 17.1. The first-order valence-corrected chi connectivity index (χ1v) is 9.51. The predicted octanol–water partition coefficient (Wildman–Crippen LogP) is 2.54. The number of hydrogen-bond donors (Lipinski definition) is 2. The average molecular weight is 349 g/mol. The summed E-state index contributed by atoms with van der Waals surface area (Å²) in [6.07, 6.45) is 5.60. The van der Waals surface area contributed by atoms with Crippen molar-refractivity contribution >= 4 is 34.1 Å². The molecule has 3 rings (SSSR count). The van der Waals surface area contributed by atoms with Gasteiger partial charge in [0, 0.05) is 25.3 Å². The molecule has 1 unspecified atom stereocenters. The summed E-state index contributed by atoms with van der Waals surface area (Å²) in [7, 11) is 0. The molecule has 0 aromatic carbocycles. The molecule has 1 atom stereocenters. The predicted molar refractivity (Wildman–Crippen MR) is 92.1 cm³/mol. The fraction of sp³-hybridized carbons (Fsp3) is 0.647. The Hall–Kier alpha value is -1.76. The lowest BCUT2D eigenvalue weighted by Crippen LogP contribution is -2.36. The van der Waals surface area contributed by atoms with Crippen LogP contribution in [0.15, 0.2) is 0 Å². The molecule has 2 N–H and O–H groups in total. The van der Waals surface area contributed by atoms with Crippen molar-refractivity contribution in [1.29, 1.82) is 0 Å². The Balaban J connectivity index is 1.63. The van der Waals surface area contributed by atoms with Crippen molar-refractivity contribution in [2.24, 2.45) is 11.8 Å². The Morgan fingerprint density at radius 3 is 2.67 bits per heavy atom. The number of hydrogen-bond acceptors (Lipinski definition) is 5. The maximum Gasteiger partial charge on any atom is 0.229 e. The number of aromatic nitrogens is 1. The molecule has 0 aliphatic heterocycles. The fourth-order valence-corrected chi connectivity index (χ4v) is 3.92. The summed E-state index contributed by atoms with van der Waals surface area (Å²) in [4.78, 5) is 41.5. The molecule has 0 spiro atoms. The van der Waals surface area contributed by atoms with Crippen LogP contribution in [-0.2, 0) is 16.0 Å². The molecule has 0 bridgehead atoms. The molecule has 6 nitrogen and oxygen atoms in total. The smallest absolute Gasteiger partial charge is 0.229 e. The third-order valence-electron chi connectivity index (χ3n) is 4.73.